The quantitative estimate of drug-likeness (QED) is 0.733. The molecule has 4 rings (SSSR count). The van der Waals surface area contributed by atoms with Gasteiger partial charge in [-0.15, -0.1) is 0 Å². The standard InChI is InChI=1S/C23H34N4O2/c1-5-16-12-15(24-10-11-26(2)3)13-20-22-18(14-21(27(16)20)23(28)29-4)17-8-6-7-9-19(17)25-22/h6-9,15-16,20-21,24-25H,5,10-14H2,1-4H3/t15-,16-,20-,21+/m1/s1. The molecule has 3 heterocycles. The normalized spacial score (nSPS) is 27.1. The van der Waals surface area contributed by atoms with Crippen molar-refractivity contribution in [2.45, 2.75) is 56.8 Å². The number of methoxy groups -OCH3 is 1. The van der Waals surface area contributed by atoms with Crippen molar-refractivity contribution in [2.24, 2.45) is 0 Å². The van der Waals surface area contributed by atoms with Gasteiger partial charge in [-0.1, -0.05) is 25.1 Å². The third-order valence-corrected chi connectivity index (χ3v) is 6.72. The van der Waals surface area contributed by atoms with E-state index in [0.29, 0.717) is 12.1 Å². The van der Waals surface area contributed by atoms with Gasteiger partial charge >= 0.3 is 5.97 Å². The molecule has 6 heteroatoms. The third-order valence-electron chi connectivity index (χ3n) is 6.72. The fourth-order valence-electron chi connectivity index (χ4n) is 5.33. The summed E-state index contributed by atoms with van der Waals surface area (Å²) in [6.07, 6.45) is 3.84. The molecular weight excluding hydrogens is 364 g/mol. The summed E-state index contributed by atoms with van der Waals surface area (Å²) in [5.74, 6) is -0.108. The first-order valence-electron chi connectivity index (χ1n) is 10.9. The largest absolute Gasteiger partial charge is 0.468 e. The number of nitrogens with one attached hydrogen (secondary N) is 2. The zero-order valence-electron chi connectivity index (χ0n) is 18.1. The Labute approximate surface area is 173 Å². The maximum atomic E-state index is 12.8. The number of ether oxygens (including phenoxy) is 1. The van der Waals surface area contributed by atoms with Gasteiger partial charge in [-0.2, -0.15) is 0 Å². The van der Waals surface area contributed by atoms with Crippen molar-refractivity contribution in [1.82, 2.24) is 20.1 Å². The van der Waals surface area contributed by atoms with Crippen molar-refractivity contribution >= 4 is 16.9 Å². The zero-order valence-corrected chi connectivity index (χ0v) is 18.1. The molecule has 1 aromatic heterocycles. The maximum absolute atomic E-state index is 12.8. The molecular formula is C23H34N4O2. The Hall–Kier alpha value is -1.89. The number of fused-ring (bicyclic) bond motifs is 5. The lowest BCUT2D eigenvalue weighted by atomic mass is 9.81. The minimum atomic E-state index is -0.204. The zero-order chi connectivity index (χ0) is 20.5. The van der Waals surface area contributed by atoms with Crippen molar-refractivity contribution in [1.29, 1.82) is 0 Å². The molecule has 0 aliphatic carbocycles. The predicted molar refractivity (Wildman–Crippen MR) is 116 cm³/mol. The Bertz CT molecular complexity index is 862. The molecule has 0 bridgehead atoms. The minimum Gasteiger partial charge on any atom is -0.468 e. The van der Waals surface area contributed by atoms with E-state index in [1.165, 1.54) is 29.3 Å². The number of rotatable bonds is 6. The molecule has 2 N–H and O–H groups in total. The first-order valence-corrected chi connectivity index (χ1v) is 10.9. The van der Waals surface area contributed by atoms with E-state index in [0.717, 1.165) is 38.8 Å². The number of esters is 1. The molecule has 29 heavy (non-hydrogen) atoms. The van der Waals surface area contributed by atoms with E-state index >= 15 is 0 Å². The minimum absolute atomic E-state index is 0.108. The number of aromatic amines is 1. The van der Waals surface area contributed by atoms with Crippen LogP contribution in [0.25, 0.3) is 10.9 Å². The van der Waals surface area contributed by atoms with E-state index in [-0.39, 0.29) is 18.1 Å². The Balaban J connectivity index is 1.70. The highest BCUT2D eigenvalue weighted by atomic mass is 16.5. The summed E-state index contributed by atoms with van der Waals surface area (Å²) in [4.78, 5) is 21.2. The van der Waals surface area contributed by atoms with Crippen LogP contribution in [0.15, 0.2) is 24.3 Å². The number of piperidine rings is 1. The van der Waals surface area contributed by atoms with Gasteiger partial charge in [0.15, 0.2) is 0 Å². The Morgan fingerprint density at radius 3 is 2.83 bits per heavy atom. The number of aromatic nitrogens is 1. The average molecular weight is 399 g/mol. The molecule has 2 aromatic rings. The highest BCUT2D eigenvalue weighted by Crippen LogP contribution is 2.44. The monoisotopic (exact) mass is 398 g/mol. The van der Waals surface area contributed by atoms with Crippen molar-refractivity contribution in [3.63, 3.8) is 0 Å². The first-order chi connectivity index (χ1) is 14.0. The lowest BCUT2D eigenvalue weighted by molar-refractivity contribution is -0.151. The number of likely N-dealkylation sites (N-methyl/N-ethyl adjacent to an activating group) is 1. The molecule has 0 radical (unpaired) electrons. The van der Waals surface area contributed by atoms with Crippen molar-refractivity contribution in [2.75, 3.05) is 34.3 Å². The molecule has 0 saturated carbocycles. The van der Waals surface area contributed by atoms with Crippen LogP contribution in [0.2, 0.25) is 0 Å². The molecule has 1 saturated heterocycles. The van der Waals surface area contributed by atoms with E-state index in [2.05, 4.69) is 65.4 Å². The summed E-state index contributed by atoms with van der Waals surface area (Å²) in [6.45, 7) is 4.25. The van der Waals surface area contributed by atoms with Gasteiger partial charge in [0.05, 0.1) is 13.2 Å². The van der Waals surface area contributed by atoms with E-state index < -0.39 is 0 Å². The third kappa shape index (κ3) is 3.81. The van der Waals surface area contributed by atoms with Crippen LogP contribution in [0.4, 0.5) is 0 Å². The highest BCUT2D eigenvalue weighted by Gasteiger charge is 2.47. The summed E-state index contributed by atoms with van der Waals surface area (Å²) >= 11 is 0. The lowest BCUT2D eigenvalue weighted by Crippen LogP contribution is -2.59. The molecule has 2 aliphatic rings. The van der Waals surface area contributed by atoms with Gasteiger partial charge in [-0.25, -0.2) is 0 Å². The number of benzene rings is 1. The number of para-hydroxylation sites is 1. The Kier molecular flexibility index (Phi) is 5.95. The smallest absolute Gasteiger partial charge is 0.323 e. The summed E-state index contributed by atoms with van der Waals surface area (Å²) in [6, 6.07) is 9.29. The fraction of sp³-hybridized carbons (Fsp3) is 0.609. The Morgan fingerprint density at radius 2 is 2.10 bits per heavy atom. The molecule has 2 aliphatic heterocycles. The van der Waals surface area contributed by atoms with Crippen LogP contribution >= 0.6 is 0 Å². The van der Waals surface area contributed by atoms with Crippen LogP contribution in [-0.4, -0.2) is 73.2 Å². The molecule has 0 spiro atoms. The fourth-order valence-corrected chi connectivity index (χ4v) is 5.33. The number of H-pyrrole nitrogens is 1. The molecule has 158 valence electrons. The van der Waals surface area contributed by atoms with Gasteiger partial charge in [0, 0.05) is 48.2 Å². The van der Waals surface area contributed by atoms with Crippen LogP contribution in [0.1, 0.15) is 43.5 Å². The van der Waals surface area contributed by atoms with Crippen LogP contribution in [0.5, 0.6) is 0 Å². The van der Waals surface area contributed by atoms with Gasteiger partial charge in [-0.3, -0.25) is 9.69 Å². The summed E-state index contributed by atoms with van der Waals surface area (Å²) in [5, 5.41) is 5.02. The second kappa shape index (κ2) is 8.46. The van der Waals surface area contributed by atoms with E-state index in [1.54, 1.807) is 0 Å². The maximum Gasteiger partial charge on any atom is 0.323 e. The van der Waals surface area contributed by atoms with E-state index in [1.807, 2.05) is 0 Å². The molecule has 6 nitrogen and oxygen atoms in total. The average Bonchev–Trinajstić information content (AvgIpc) is 3.10. The van der Waals surface area contributed by atoms with Crippen molar-refractivity contribution < 1.29 is 9.53 Å². The van der Waals surface area contributed by atoms with Crippen LogP contribution in [0, 0.1) is 0 Å². The second-order valence-electron chi connectivity index (χ2n) is 8.76. The molecule has 1 aromatic carbocycles. The number of nitrogens with zero attached hydrogens (tertiary/aromatic N) is 2. The highest BCUT2D eigenvalue weighted by molar-refractivity contribution is 5.87. The number of carbonyl (C=O) groups excluding carboxylic acids is 1. The van der Waals surface area contributed by atoms with Gasteiger partial charge in [-0.05, 0) is 45.0 Å². The van der Waals surface area contributed by atoms with E-state index in [9.17, 15) is 4.79 Å². The lowest BCUT2D eigenvalue weighted by Gasteiger charge is -2.50. The topological polar surface area (TPSA) is 60.6 Å². The van der Waals surface area contributed by atoms with Gasteiger partial charge < -0.3 is 19.9 Å². The van der Waals surface area contributed by atoms with E-state index in [4.69, 9.17) is 4.74 Å². The van der Waals surface area contributed by atoms with Crippen LogP contribution < -0.4 is 5.32 Å². The van der Waals surface area contributed by atoms with Crippen molar-refractivity contribution in [3.05, 3.63) is 35.5 Å². The predicted octanol–water partition coefficient (Wildman–Crippen LogP) is 2.70. The SMILES string of the molecule is CC[C@@H]1C[C@@H](NCCN(C)C)C[C@@H]2c3[nH]c4ccccc4c3C[C@@H](C(=O)OC)N12. The Morgan fingerprint density at radius 1 is 1.31 bits per heavy atom. The van der Waals surface area contributed by atoms with Crippen LogP contribution in [0.3, 0.4) is 0 Å². The summed E-state index contributed by atoms with van der Waals surface area (Å²) in [5.41, 5.74) is 3.75. The van der Waals surface area contributed by atoms with Gasteiger partial charge in [0.1, 0.15) is 6.04 Å². The van der Waals surface area contributed by atoms with Crippen molar-refractivity contribution in [3.8, 4) is 0 Å². The number of hydrogen-bond acceptors (Lipinski definition) is 5. The first kappa shape index (κ1) is 20.4. The van der Waals surface area contributed by atoms with Crippen LogP contribution in [-0.2, 0) is 16.0 Å². The van der Waals surface area contributed by atoms with Gasteiger partial charge in [0.2, 0.25) is 0 Å². The molecule has 4 atom stereocenters. The summed E-state index contributed by atoms with van der Waals surface area (Å²) in [7, 11) is 5.73. The molecule has 1 fully saturated rings. The molecule has 0 amide bonds. The molecule has 0 unspecified atom stereocenters. The summed E-state index contributed by atoms with van der Waals surface area (Å²) < 4.78 is 5.24. The second-order valence-corrected chi connectivity index (χ2v) is 8.76. The number of carbonyl (C=O) groups is 1. The van der Waals surface area contributed by atoms with Gasteiger partial charge in [0.25, 0.3) is 0 Å². The number of hydrogen-bond donors (Lipinski definition) is 2.